The van der Waals surface area contributed by atoms with E-state index in [-0.39, 0.29) is 0 Å². The van der Waals surface area contributed by atoms with Gasteiger partial charge in [-0.3, -0.25) is 0 Å². The van der Waals surface area contributed by atoms with Crippen LogP contribution in [0.25, 0.3) is 0 Å². The van der Waals surface area contributed by atoms with E-state index in [1.54, 1.807) is 0 Å². The highest BCUT2D eigenvalue weighted by Crippen LogP contribution is 1.95. The quantitative estimate of drug-likeness (QED) is 0.544. The van der Waals surface area contributed by atoms with Gasteiger partial charge in [-0.25, -0.2) is 4.79 Å². The number of rotatable bonds is 3. The lowest BCUT2D eigenvalue weighted by molar-refractivity contribution is -0.153. The highest BCUT2D eigenvalue weighted by atomic mass is 16.5. The number of carboxylic acids is 1. The van der Waals surface area contributed by atoms with E-state index in [0.29, 0.717) is 0 Å². The molecule has 0 aromatic rings. The standard InChI is InChI=1S/C5H10O4/c1-3(9-2)4(6)5(7)8/h3-4,6H,1-2H3,(H,7,8)/t3-,4-/m1/s1. The molecule has 0 amide bonds. The van der Waals surface area contributed by atoms with E-state index in [4.69, 9.17) is 10.2 Å². The van der Waals surface area contributed by atoms with Crippen LogP contribution in [-0.2, 0) is 9.53 Å². The fraction of sp³-hybridized carbons (Fsp3) is 0.800. The van der Waals surface area contributed by atoms with Gasteiger partial charge in [0.15, 0.2) is 6.10 Å². The molecule has 0 unspecified atom stereocenters. The second-order valence-corrected chi connectivity index (χ2v) is 1.72. The summed E-state index contributed by atoms with van der Waals surface area (Å²) < 4.78 is 4.54. The lowest BCUT2D eigenvalue weighted by atomic mass is 10.2. The normalized spacial score (nSPS) is 16.8. The largest absolute Gasteiger partial charge is 0.479 e. The Kier molecular flexibility index (Phi) is 3.19. The van der Waals surface area contributed by atoms with Gasteiger partial charge in [-0.15, -0.1) is 0 Å². The van der Waals surface area contributed by atoms with Gasteiger partial charge in [0.25, 0.3) is 0 Å². The molecule has 4 nitrogen and oxygen atoms in total. The highest BCUT2D eigenvalue weighted by molar-refractivity contribution is 5.72. The van der Waals surface area contributed by atoms with Gasteiger partial charge in [0.1, 0.15) is 0 Å². The molecular weight excluding hydrogens is 124 g/mol. The molecule has 0 aliphatic heterocycles. The molecule has 0 aromatic carbocycles. The molecule has 0 aliphatic carbocycles. The second kappa shape index (κ2) is 3.42. The van der Waals surface area contributed by atoms with Crippen LogP contribution in [0.15, 0.2) is 0 Å². The molecule has 4 heteroatoms. The van der Waals surface area contributed by atoms with Gasteiger partial charge in [0.05, 0.1) is 6.10 Å². The van der Waals surface area contributed by atoms with Crippen molar-refractivity contribution in [2.45, 2.75) is 19.1 Å². The van der Waals surface area contributed by atoms with Crippen molar-refractivity contribution in [1.29, 1.82) is 0 Å². The Morgan fingerprint density at radius 1 is 1.67 bits per heavy atom. The Morgan fingerprint density at radius 2 is 2.11 bits per heavy atom. The van der Waals surface area contributed by atoms with Crippen LogP contribution in [0.4, 0.5) is 0 Å². The molecule has 0 radical (unpaired) electrons. The van der Waals surface area contributed by atoms with E-state index < -0.39 is 18.2 Å². The summed E-state index contributed by atoms with van der Waals surface area (Å²) >= 11 is 0. The van der Waals surface area contributed by atoms with Crippen LogP contribution in [0, 0.1) is 0 Å². The van der Waals surface area contributed by atoms with Crippen molar-refractivity contribution in [1.82, 2.24) is 0 Å². The molecule has 0 fully saturated rings. The summed E-state index contributed by atoms with van der Waals surface area (Å²) in [7, 11) is 1.34. The van der Waals surface area contributed by atoms with Crippen molar-refractivity contribution < 1.29 is 19.7 Å². The number of aliphatic hydroxyl groups is 1. The van der Waals surface area contributed by atoms with Crippen molar-refractivity contribution in [2.24, 2.45) is 0 Å². The number of methoxy groups -OCH3 is 1. The van der Waals surface area contributed by atoms with Crippen LogP contribution in [0.3, 0.4) is 0 Å². The molecule has 2 atom stereocenters. The van der Waals surface area contributed by atoms with E-state index in [1.165, 1.54) is 14.0 Å². The van der Waals surface area contributed by atoms with Crippen molar-refractivity contribution >= 4 is 5.97 Å². The Bertz CT molecular complexity index is 101. The van der Waals surface area contributed by atoms with Gasteiger partial charge >= 0.3 is 5.97 Å². The summed E-state index contributed by atoms with van der Waals surface area (Å²) in [6.07, 6.45) is -2.07. The SMILES string of the molecule is CO[C@H](C)[C@@H](O)C(=O)O. The predicted molar refractivity (Wildman–Crippen MR) is 30.1 cm³/mol. The number of ether oxygens (including phenoxy) is 1. The molecule has 54 valence electrons. The summed E-state index contributed by atoms with van der Waals surface area (Å²) in [6, 6.07) is 0. The van der Waals surface area contributed by atoms with E-state index in [9.17, 15) is 4.79 Å². The second-order valence-electron chi connectivity index (χ2n) is 1.72. The average Bonchev–Trinajstić information content (AvgIpc) is 1.84. The number of carbonyl (C=O) groups is 1. The third kappa shape index (κ3) is 2.43. The van der Waals surface area contributed by atoms with E-state index in [2.05, 4.69) is 4.74 Å². The van der Waals surface area contributed by atoms with E-state index >= 15 is 0 Å². The topological polar surface area (TPSA) is 66.8 Å². The summed E-state index contributed by atoms with van der Waals surface area (Å²) in [6.45, 7) is 1.48. The van der Waals surface area contributed by atoms with Gasteiger partial charge in [0.2, 0.25) is 0 Å². The average molecular weight is 134 g/mol. The van der Waals surface area contributed by atoms with Gasteiger partial charge in [-0.05, 0) is 6.92 Å². The zero-order valence-electron chi connectivity index (χ0n) is 5.37. The molecule has 0 heterocycles. The first-order valence-corrected chi connectivity index (χ1v) is 2.53. The number of hydrogen-bond acceptors (Lipinski definition) is 3. The lowest BCUT2D eigenvalue weighted by Gasteiger charge is -2.11. The zero-order valence-corrected chi connectivity index (χ0v) is 5.37. The van der Waals surface area contributed by atoms with Crippen LogP contribution in [0.1, 0.15) is 6.92 Å². The van der Waals surface area contributed by atoms with Crippen LogP contribution < -0.4 is 0 Å². The van der Waals surface area contributed by atoms with E-state index in [0.717, 1.165) is 0 Å². The lowest BCUT2D eigenvalue weighted by Crippen LogP contribution is -2.32. The van der Waals surface area contributed by atoms with Crippen LogP contribution in [0.5, 0.6) is 0 Å². The highest BCUT2D eigenvalue weighted by Gasteiger charge is 2.20. The minimum absolute atomic E-state index is 0.650. The molecule has 0 rings (SSSR count). The first-order chi connectivity index (χ1) is 4.09. The molecule has 2 N–H and O–H groups in total. The Balaban J connectivity index is 3.72. The predicted octanol–water partition coefficient (Wildman–Crippen LogP) is -0.533. The van der Waals surface area contributed by atoms with Crippen molar-refractivity contribution in [3.63, 3.8) is 0 Å². The third-order valence-corrected chi connectivity index (χ3v) is 1.07. The monoisotopic (exact) mass is 134 g/mol. The maximum Gasteiger partial charge on any atom is 0.335 e. The molecule has 0 bridgehead atoms. The minimum atomic E-state index is -1.42. The first kappa shape index (κ1) is 8.39. The number of aliphatic hydroxyl groups excluding tert-OH is 1. The smallest absolute Gasteiger partial charge is 0.335 e. The Hall–Kier alpha value is -0.610. The summed E-state index contributed by atoms with van der Waals surface area (Å²) in [5.41, 5.74) is 0. The minimum Gasteiger partial charge on any atom is -0.479 e. The Morgan fingerprint density at radius 3 is 2.22 bits per heavy atom. The molecule has 0 saturated carbocycles. The molecule has 0 saturated heterocycles. The third-order valence-electron chi connectivity index (χ3n) is 1.07. The number of hydrogen-bond donors (Lipinski definition) is 2. The zero-order chi connectivity index (χ0) is 7.44. The summed E-state index contributed by atoms with van der Waals surface area (Å²) in [5.74, 6) is -1.26. The van der Waals surface area contributed by atoms with Crippen LogP contribution >= 0.6 is 0 Å². The molecule has 9 heavy (non-hydrogen) atoms. The van der Waals surface area contributed by atoms with E-state index in [1.807, 2.05) is 0 Å². The fourth-order valence-electron chi connectivity index (χ4n) is 0.330. The number of aliphatic carboxylic acids is 1. The molecule has 0 aliphatic rings. The van der Waals surface area contributed by atoms with Gasteiger partial charge in [-0.1, -0.05) is 0 Å². The van der Waals surface area contributed by atoms with Crippen LogP contribution in [-0.4, -0.2) is 35.5 Å². The molecule has 0 aromatic heterocycles. The maximum atomic E-state index is 9.97. The van der Waals surface area contributed by atoms with Gasteiger partial charge < -0.3 is 14.9 Å². The maximum absolute atomic E-state index is 9.97. The van der Waals surface area contributed by atoms with Crippen molar-refractivity contribution in [3.05, 3.63) is 0 Å². The van der Waals surface area contributed by atoms with Crippen LogP contribution in [0.2, 0.25) is 0 Å². The summed E-state index contributed by atoms with van der Waals surface area (Å²) in [4.78, 5) is 9.97. The van der Waals surface area contributed by atoms with Gasteiger partial charge in [-0.2, -0.15) is 0 Å². The van der Waals surface area contributed by atoms with Crippen molar-refractivity contribution in [2.75, 3.05) is 7.11 Å². The molecular formula is C5H10O4. The van der Waals surface area contributed by atoms with Gasteiger partial charge in [0, 0.05) is 7.11 Å². The first-order valence-electron chi connectivity index (χ1n) is 2.53. The Labute approximate surface area is 53.1 Å². The van der Waals surface area contributed by atoms with Crippen molar-refractivity contribution in [3.8, 4) is 0 Å². The number of carboxylic acid groups (broad SMARTS) is 1. The summed E-state index contributed by atoms with van der Waals surface area (Å²) in [5, 5.41) is 16.8. The molecule has 0 spiro atoms. The fourth-order valence-corrected chi connectivity index (χ4v) is 0.330.